The number of hydrogen-bond donors (Lipinski definition) is 0. The molecule has 4 aliphatic carbocycles. The molecule has 0 amide bonds. The molecule has 0 aromatic carbocycles. The van der Waals surface area contributed by atoms with Crippen LogP contribution in [-0.2, 0) is 28.6 Å². The van der Waals surface area contributed by atoms with E-state index in [9.17, 15) is 14.4 Å². The number of esters is 1. The van der Waals surface area contributed by atoms with E-state index in [1.165, 1.54) is 6.92 Å². The molecule has 5 rings (SSSR count). The number of carbonyl (C=O) groups excluding carboxylic acids is 3. The lowest BCUT2D eigenvalue weighted by atomic mass is 9.43. The first-order valence-corrected chi connectivity index (χ1v) is 12.1. The van der Waals surface area contributed by atoms with Crippen molar-refractivity contribution in [2.75, 3.05) is 13.2 Å². The van der Waals surface area contributed by atoms with Gasteiger partial charge in [0.05, 0.1) is 19.6 Å². The van der Waals surface area contributed by atoms with Crippen LogP contribution in [0.1, 0.15) is 72.6 Å². The van der Waals surface area contributed by atoms with E-state index in [1.54, 1.807) is 6.92 Å². The number of carbonyl (C=O) groups is 3. The van der Waals surface area contributed by atoms with Crippen LogP contribution in [0.5, 0.6) is 0 Å². The van der Waals surface area contributed by atoms with Crippen molar-refractivity contribution >= 4 is 17.5 Å². The van der Waals surface area contributed by atoms with E-state index < -0.39 is 11.2 Å². The van der Waals surface area contributed by atoms with Crippen LogP contribution in [0.2, 0.25) is 0 Å². The first kappa shape index (κ1) is 21.6. The average molecular weight is 433 g/mol. The molecule has 8 atom stereocenters. The molecule has 0 bridgehead atoms. The van der Waals surface area contributed by atoms with Crippen molar-refractivity contribution < 1.29 is 28.6 Å². The molecule has 31 heavy (non-hydrogen) atoms. The van der Waals surface area contributed by atoms with Gasteiger partial charge in [-0.15, -0.1) is 0 Å². The molecular formula is C25H36O6. The number of ketones is 2. The van der Waals surface area contributed by atoms with Gasteiger partial charge in [-0.25, -0.2) is 0 Å². The maximum absolute atomic E-state index is 13.8. The van der Waals surface area contributed by atoms with Crippen LogP contribution >= 0.6 is 0 Å². The molecule has 1 heterocycles. The van der Waals surface area contributed by atoms with Crippen molar-refractivity contribution in [1.29, 1.82) is 0 Å². The number of fused-ring (bicyclic) bond motifs is 5. The lowest BCUT2D eigenvalue weighted by Gasteiger charge is -2.62. The highest BCUT2D eigenvalue weighted by atomic mass is 16.7. The Kier molecular flexibility index (Phi) is 4.95. The van der Waals surface area contributed by atoms with E-state index in [4.69, 9.17) is 14.2 Å². The Hall–Kier alpha value is -1.27. The van der Waals surface area contributed by atoms with Gasteiger partial charge in [-0.05, 0) is 62.2 Å². The van der Waals surface area contributed by atoms with Gasteiger partial charge in [0, 0.05) is 30.6 Å². The van der Waals surface area contributed by atoms with Crippen molar-refractivity contribution in [3.8, 4) is 0 Å². The minimum absolute atomic E-state index is 0.00480. The highest BCUT2D eigenvalue weighted by Gasteiger charge is 2.68. The summed E-state index contributed by atoms with van der Waals surface area (Å²) < 4.78 is 17.8. The number of hydrogen-bond acceptors (Lipinski definition) is 6. The third-order valence-corrected chi connectivity index (χ3v) is 10.0. The van der Waals surface area contributed by atoms with Crippen LogP contribution in [0.15, 0.2) is 0 Å². The van der Waals surface area contributed by atoms with Gasteiger partial charge in [0.1, 0.15) is 17.7 Å². The summed E-state index contributed by atoms with van der Waals surface area (Å²) in [7, 11) is 0. The van der Waals surface area contributed by atoms with Crippen LogP contribution in [0, 0.1) is 40.4 Å². The van der Waals surface area contributed by atoms with E-state index in [0.29, 0.717) is 31.5 Å². The second-order valence-corrected chi connectivity index (χ2v) is 11.4. The van der Waals surface area contributed by atoms with Gasteiger partial charge in [0.25, 0.3) is 0 Å². The monoisotopic (exact) mass is 432 g/mol. The number of Topliss-reactive ketones (excluding diaryl/α,β-unsaturated/α-hetero) is 2. The van der Waals surface area contributed by atoms with Crippen molar-refractivity contribution in [2.24, 2.45) is 40.4 Å². The molecule has 5 fully saturated rings. The Labute approximate surface area is 184 Å². The van der Waals surface area contributed by atoms with Gasteiger partial charge in [-0.1, -0.05) is 13.8 Å². The Bertz CT molecular complexity index is 800. The third kappa shape index (κ3) is 3.00. The molecular weight excluding hydrogens is 396 g/mol. The molecule has 1 aliphatic heterocycles. The minimum atomic E-state index is -0.749. The highest BCUT2D eigenvalue weighted by molar-refractivity contribution is 5.87. The number of rotatable bonds is 2. The maximum atomic E-state index is 13.8. The summed E-state index contributed by atoms with van der Waals surface area (Å²) in [5.74, 6) is 0.296. The first-order valence-electron chi connectivity index (χ1n) is 12.1. The van der Waals surface area contributed by atoms with Gasteiger partial charge in [0.15, 0.2) is 5.79 Å². The Morgan fingerprint density at radius 3 is 2.35 bits per heavy atom. The SMILES string of the molecule is CC(=O)O[C@H]1C[C@]2(C)[C@@H](C(C)=O)CC[C@H]2[C@H]2CC[C@H]3CC4(CC(=O)[C@]3(C)[C@@H]21)OCCO4. The first-order chi connectivity index (χ1) is 14.6. The summed E-state index contributed by atoms with van der Waals surface area (Å²) in [6, 6.07) is 0. The molecule has 4 saturated carbocycles. The normalized spacial score (nSPS) is 48.1. The second-order valence-electron chi connectivity index (χ2n) is 11.4. The fourth-order valence-corrected chi connectivity index (χ4v) is 8.85. The molecule has 0 unspecified atom stereocenters. The van der Waals surface area contributed by atoms with Crippen molar-refractivity contribution in [3.05, 3.63) is 0 Å². The van der Waals surface area contributed by atoms with Crippen LogP contribution in [0.25, 0.3) is 0 Å². The summed E-state index contributed by atoms with van der Waals surface area (Å²) in [5.41, 5.74) is -0.702. The van der Waals surface area contributed by atoms with Gasteiger partial charge < -0.3 is 14.2 Å². The van der Waals surface area contributed by atoms with Crippen LogP contribution in [0.4, 0.5) is 0 Å². The van der Waals surface area contributed by atoms with Crippen molar-refractivity contribution in [2.45, 2.75) is 84.5 Å². The molecule has 6 nitrogen and oxygen atoms in total. The largest absolute Gasteiger partial charge is 0.462 e. The molecule has 0 radical (unpaired) electrons. The molecule has 5 aliphatic rings. The van der Waals surface area contributed by atoms with Gasteiger partial charge in [-0.2, -0.15) is 0 Å². The molecule has 1 spiro atoms. The van der Waals surface area contributed by atoms with E-state index in [1.807, 2.05) is 0 Å². The Morgan fingerprint density at radius 2 is 1.71 bits per heavy atom. The quantitative estimate of drug-likeness (QED) is 0.619. The standard InChI is InChI=1S/C25H36O6/c1-14(26)18-7-8-19-17-6-5-16-11-25(29-9-10-30-25)13-21(28)24(16,4)22(17)20(31-15(2)27)12-23(18,19)3/h16-20,22H,5-13H2,1-4H3/t16-,17+,18+,19-,20-,22-,23+,24+/m0/s1. The van der Waals surface area contributed by atoms with Crippen molar-refractivity contribution in [1.82, 2.24) is 0 Å². The summed E-state index contributed by atoms with van der Waals surface area (Å²) in [6.07, 6.45) is 5.29. The maximum Gasteiger partial charge on any atom is 0.302 e. The van der Waals surface area contributed by atoms with Crippen molar-refractivity contribution in [3.63, 3.8) is 0 Å². The topological polar surface area (TPSA) is 78.9 Å². The van der Waals surface area contributed by atoms with E-state index in [-0.39, 0.29) is 53.2 Å². The summed E-state index contributed by atoms with van der Waals surface area (Å²) in [5, 5.41) is 0. The lowest BCUT2D eigenvalue weighted by molar-refractivity contribution is -0.234. The molecule has 0 N–H and O–H groups in total. The van der Waals surface area contributed by atoms with Crippen LogP contribution in [0.3, 0.4) is 0 Å². The molecule has 0 aromatic heterocycles. The zero-order chi connectivity index (χ0) is 22.2. The fraction of sp³-hybridized carbons (Fsp3) is 0.880. The van der Waals surface area contributed by atoms with Gasteiger partial charge in [-0.3, -0.25) is 14.4 Å². The predicted octanol–water partition coefficient (Wildman–Crippen LogP) is 3.70. The second kappa shape index (κ2) is 7.11. The van der Waals surface area contributed by atoms with Gasteiger partial charge in [0.2, 0.25) is 0 Å². The van der Waals surface area contributed by atoms with Crippen LogP contribution in [-0.4, -0.2) is 42.6 Å². The smallest absolute Gasteiger partial charge is 0.302 e. The van der Waals surface area contributed by atoms with Gasteiger partial charge >= 0.3 is 5.97 Å². The highest BCUT2D eigenvalue weighted by Crippen LogP contribution is 2.68. The average Bonchev–Trinajstić information content (AvgIpc) is 3.26. The number of ether oxygens (including phenoxy) is 3. The minimum Gasteiger partial charge on any atom is -0.462 e. The predicted molar refractivity (Wildman–Crippen MR) is 112 cm³/mol. The summed E-state index contributed by atoms with van der Waals surface area (Å²) in [6.45, 7) is 8.61. The zero-order valence-corrected chi connectivity index (χ0v) is 19.3. The summed E-state index contributed by atoms with van der Waals surface area (Å²) >= 11 is 0. The Morgan fingerprint density at radius 1 is 1.00 bits per heavy atom. The molecule has 172 valence electrons. The molecule has 6 heteroatoms. The van der Waals surface area contributed by atoms with E-state index >= 15 is 0 Å². The van der Waals surface area contributed by atoms with E-state index in [2.05, 4.69) is 13.8 Å². The van der Waals surface area contributed by atoms with E-state index in [0.717, 1.165) is 32.1 Å². The van der Waals surface area contributed by atoms with Crippen LogP contribution < -0.4 is 0 Å². The Balaban J connectivity index is 1.53. The molecule has 0 aromatic rings. The zero-order valence-electron chi connectivity index (χ0n) is 19.3. The summed E-state index contributed by atoms with van der Waals surface area (Å²) in [4.78, 5) is 38.4. The molecule has 1 saturated heterocycles. The fourth-order valence-electron chi connectivity index (χ4n) is 8.85. The third-order valence-electron chi connectivity index (χ3n) is 10.0. The lowest BCUT2D eigenvalue weighted by Crippen LogP contribution is -2.64.